The van der Waals surface area contributed by atoms with Crippen LogP contribution < -0.4 is 5.32 Å². The van der Waals surface area contributed by atoms with Crippen LogP contribution >= 0.6 is 11.6 Å². The summed E-state index contributed by atoms with van der Waals surface area (Å²) < 4.78 is 13.2. The van der Waals surface area contributed by atoms with Gasteiger partial charge in [-0.25, -0.2) is 4.39 Å². The van der Waals surface area contributed by atoms with Crippen LogP contribution in [0.4, 0.5) is 4.39 Å². The quantitative estimate of drug-likeness (QED) is 0.923. The predicted molar refractivity (Wildman–Crippen MR) is 75.9 cm³/mol. The van der Waals surface area contributed by atoms with Crippen molar-refractivity contribution in [2.24, 2.45) is 0 Å². The Labute approximate surface area is 117 Å². The highest BCUT2D eigenvalue weighted by molar-refractivity contribution is 6.30. The highest BCUT2D eigenvalue weighted by atomic mass is 35.5. The first-order chi connectivity index (χ1) is 9.10. The van der Waals surface area contributed by atoms with Gasteiger partial charge in [-0.2, -0.15) is 0 Å². The van der Waals surface area contributed by atoms with Gasteiger partial charge in [0.1, 0.15) is 5.82 Å². The maximum Gasteiger partial charge on any atom is 0.141 e. The number of pyridine rings is 1. The average molecular weight is 279 g/mol. The number of hydrogen-bond acceptors (Lipinski definition) is 2. The average Bonchev–Trinajstić information content (AvgIpc) is 2.41. The number of aryl methyl sites for hydroxylation is 1. The zero-order valence-corrected chi connectivity index (χ0v) is 11.7. The van der Waals surface area contributed by atoms with Crippen LogP contribution in [0.3, 0.4) is 0 Å². The third-order valence-corrected chi connectivity index (χ3v) is 3.37. The highest BCUT2D eigenvalue weighted by Gasteiger charge is 2.12. The van der Waals surface area contributed by atoms with Crippen LogP contribution in [0.15, 0.2) is 36.5 Å². The molecule has 0 fully saturated rings. The number of aromatic nitrogens is 1. The van der Waals surface area contributed by atoms with Crippen molar-refractivity contribution in [2.45, 2.75) is 19.4 Å². The first-order valence-corrected chi connectivity index (χ1v) is 6.51. The molecule has 2 nitrogen and oxygen atoms in total. The van der Waals surface area contributed by atoms with Gasteiger partial charge in [0.15, 0.2) is 0 Å². The van der Waals surface area contributed by atoms with Gasteiger partial charge in [0.05, 0.1) is 5.02 Å². The standard InChI is InChI=1S/C15H16ClFN2/c1-10-3-5-12(19-9-10)8-15(18-2)11-4-6-14(17)13(16)7-11/h3-7,9,15,18H,8H2,1-2H3. The predicted octanol–water partition coefficient (Wildman–Crippen LogP) is 3.69. The number of hydrogen-bond donors (Lipinski definition) is 1. The van der Waals surface area contributed by atoms with Crippen LogP contribution in [-0.4, -0.2) is 12.0 Å². The Morgan fingerprint density at radius 3 is 2.68 bits per heavy atom. The van der Waals surface area contributed by atoms with Gasteiger partial charge in [0.2, 0.25) is 0 Å². The van der Waals surface area contributed by atoms with Crippen LogP contribution in [0.1, 0.15) is 22.9 Å². The second-order valence-corrected chi connectivity index (χ2v) is 4.95. The molecule has 0 bridgehead atoms. The van der Waals surface area contributed by atoms with E-state index < -0.39 is 5.82 Å². The van der Waals surface area contributed by atoms with E-state index in [-0.39, 0.29) is 11.1 Å². The number of rotatable bonds is 4. The molecule has 100 valence electrons. The third kappa shape index (κ3) is 3.52. The van der Waals surface area contributed by atoms with Gasteiger partial charge < -0.3 is 5.32 Å². The number of halogens is 2. The highest BCUT2D eigenvalue weighted by Crippen LogP contribution is 2.23. The fourth-order valence-corrected chi connectivity index (χ4v) is 2.13. The smallest absolute Gasteiger partial charge is 0.141 e. The van der Waals surface area contributed by atoms with Crippen molar-refractivity contribution in [1.29, 1.82) is 0 Å². The maximum atomic E-state index is 13.2. The molecule has 1 aromatic carbocycles. The molecule has 1 aromatic heterocycles. The second kappa shape index (κ2) is 6.13. The molecule has 19 heavy (non-hydrogen) atoms. The van der Waals surface area contributed by atoms with Gasteiger partial charge in [-0.15, -0.1) is 0 Å². The monoisotopic (exact) mass is 278 g/mol. The van der Waals surface area contributed by atoms with Gasteiger partial charge in [-0.1, -0.05) is 23.7 Å². The van der Waals surface area contributed by atoms with Crippen molar-refractivity contribution < 1.29 is 4.39 Å². The van der Waals surface area contributed by atoms with E-state index in [0.29, 0.717) is 0 Å². The molecule has 4 heteroatoms. The van der Waals surface area contributed by atoms with E-state index in [9.17, 15) is 4.39 Å². The van der Waals surface area contributed by atoms with E-state index in [1.807, 2.05) is 32.3 Å². The number of benzene rings is 1. The Balaban J connectivity index is 2.19. The van der Waals surface area contributed by atoms with Crippen molar-refractivity contribution in [3.05, 3.63) is 64.2 Å². The van der Waals surface area contributed by atoms with Crippen LogP contribution in [0.25, 0.3) is 0 Å². The number of likely N-dealkylation sites (N-methyl/N-ethyl adjacent to an activating group) is 1. The van der Waals surface area contributed by atoms with E-state index in [4.69, 9.17) is 11.6 Å². The summed E-state index contributed by atoms with van der Waals surface area (Å²) in [4.78, 5) is 4.38. The summed E-state index contributed by atoms with van der Waals surface area (Å²) in [7, 11) is 1.87. The minimum Gasteiger partial charge on any atom is -0.313 e. The van der Waals surface area contributed by atoms with E-state index in [1.165, 1.54) is 6.07 Å². The van der Waals surface area contributed by atoms with E-state index in [0.717, 1.165) is 23.2 Å². The van der Waals surface area contributed by atoms with Crippen molar-refractivity contribution in [2.75, 3.05) is 7.05 Å². The summed E-state index contributed by atoms with van der Waals surface area (Å²) in [6, 6.07) is 8.90. The zero-order chi connectivity index (χ0) is 13.8. The van der Waals surface area contributed by atoms with Gasteiger partial charge in [0.25, 0.3) is 0 Å². The number of nitrogens with one attached hydrogen (secondary N) is 1. The fraction of sp³-hybridized carbons (Fsp3) is 0.267. The molecule has 0 saturated heterocycles. The zero-order valence-electron chi connectivity index (χ0n) is 11.0. The van der Waals surface area contributed by atoms with Gasteiger partial charge in [0, 0.05) is 24.4 Å². The Kier molecular flexibility index (Phi) is 4.51. The lowest BCUT2D eigenvalue weighted by molar-refractivity contribution is 0.579. The molecule has 2 aromatic rings. The van der Waals surface area contributed by atoms with Crippen molar-refractivity contribution in [3.63, 3.8) is 0 Å². The molecule has 0 spiro atoms. The van der Waals surface area contributed by atoms with E-state index >= 15 is 0 Å². The first kappa shape index (κ1) is 14.0. The van der Waals surface area contributed by atoms with E-state index in [2.05, 4.69) is 10.3 Å². The van der Waals surface area contributed by atoms with Gasteiger partial charge in [-0.05, 0) is 43.3 Å². The Morgan fingerprint density at radius 2 is 2.11 bits per heavy atom. The minimum absolute atomic E-state index is 0.0632. The summed E-state index contributed by atoms with van der Waals surface area (Å²) in [5, 5.41) is 3.35. The Morgan fingerprint density at radius 1 is 1.32 bits per heavy atom. The molecular weight excluding hydrogens is 263 g/mol. The first-order valence-electron chi connectivity index (χ1n) is 6.14. The van der Waals surface area contributed by atoms with Crippen molar-refractivity contribution in [3.8, 4) is 0 Å². The van der Waals surface area contributed by atoms with Crippen LogP contribution in [0.2, 0.25) is 5.02 Å². The van der Waals surface area contributed by atoms with Crippen LogP contribution in [0, 0.1) is 12.7 Å². The minimum atomic E-state index is -0.395. The lowest BCUT2D eigenvalue weighted by atomic mass is 10.0. The molecule has 1 unspecified atom stereocenters. The summed E-state index contributed by atoms with van der Waals surface area (Å²) in [5.74, 6) is -0.395. The topological polar surface area (TPSA) is 24.9 Å². The van der Waals surface area contributed by atoms with Gasteiger partial charge in [-0.3, -0.25) is 4.98 Å². The molecule has 2 rings (SSSR count). The molecule has 0 amide bonds. The summed E-state index contributed by atoms with van der Waals surface area (Å²) >= 11 is 5.82. The lowest BCUT2D eigenvalue weighted by Gasteiger charge is -2.16. The SMILES string of the molecule is CNC(Cc1ccc(C)cn1)c1ccc(F)c(Cl)c1. The van der Waals surface area contributed by atoms with Crippen LogP contribution in [-0.2, 0) is 6.42 Å². The summed E-state index contributed by atoms with van der Waals surface area (Å²) in [5.41, 5.74) is 3.08. The molecular formula is C15H16ClFN2. The Bertz CT molecular complexity index is 555. The van der Waals surface area contributed by atoms with Crippen molar-refractivity contribution >= 4 is 11.6 Å². The van der Waals surface area contributed by atoms with Crippen molar-refractivity contribution in [1.82, 2.24) is 10.3 Å². The fourth-order valence-electron chi connectivity index (χ4n) is 1.94. The molecule has 0 radical (unpaired) electrons. The molecule has 1 N–H and O–H groups in total. The summed E-state index contributed by atoms with van der Waals surface area (Å²) in [6.07, 6.45) is 2.58. The summed E-state index contributed by atoms with van der Waals surface area (Å²) in [6.45, 7) is 2.01. The van der Waals surface area contributed by atoms with E-state index in [1.54, 1.807) is 12.1 Å². The largest absolute Gasteiger partial charge is 0.313 e. The second-order valence-electron chi connectivity index (χ2n) is 4.55. The van der Waals surface area contributed by atoms with Crippen LogP contribution in [0.5, 0.6) is 0 Å². The van der Waals surface area contributed by atoms with Gasteiger partial charge >= 0.3 is 0 Å². The molecule has 0 aliphatic heterocycles. The number of nitrogens with zero attached hydrogens (tertiary/aromatic N) is 1. The Hall–Kier alpha value is -1.45. The molecule has 0 aliphatic carbocycles. The molecule has 0 aliphatic rings. The molecule has 0 saturated carbocycles. The molecule has 1 atom stereocenters. The third-order valence-electron chi connectivity index (χ3n) is 3.08. The lowest BCUT2D eigenvalue weighted by Crippen LogP contribution is -2.19. The molecule has 1 heterocycles. The maximum absolute atomic E-state index is 13.2. The normalized spacial score (nSPS) is 12.4.